The highest BCUT2D eigenvalue weighted by Gasteiger charge is 2.21. The summed E-state index contributed by atoms with van der Waals surface area (Å²) in [6.45, 7) is 5.20. The molecule has 0 bridgehead atoms. The second kappa shape index (κ2) is 4.39. The third-order valence-electron chi connectivity index (χ3n) is 2.62. The van der Waals surface area contributed by atoms with Crippen molar-refractivity contribution in [1.82, 2.24) is 4.90 Å². The SMILES string of the molecule is CCN1CCC(CS(N)(=O)=O)CC1. The number of sulfonamides is 1. The second-order valence-corrected chi connectivity index (χ2v) is 5.37. The number of hydrogen-bond acceptors (Lipinski definition) is 3. The summed E-state index contributed by atoms with van der Waals surface area (Å²) in [5.41, 5.74) is 0. The van der Waals surface area contributed by atoms with Gasteiger partial charge in [-0.2, -0.15) is 0 Å². The van der Waals surface area contributed by atoms with Crippen LogP contribution >= 0.6 is 0 Å². The highest BCUT2D eigenvalue weighted by molar-refractivity contribution is 7.89. The lowest BCUT2D eigenvalue weighted by molar-refractivity contribution is 0.202. The lowest BCUT2D eigenvalue weighted by Gasteiger charge is -2.30. The van der Waals surface area contributed by atoms with Gasteiger partial charge in [0.25, 0.3) is 0 Å². The van der Waals surface area contributed by atoms with Crippen molar-refractivity contribution < 1.29 is 8.42 Å². The van der Waals surface area contributed by atoms with E-state index in [0.29, 0.717) is 0 Å². The largest absolute Gasteiger partial charge is 0.304 e. The molecule has 13 heavy (non-hydrogen) atoms. The zero-order chi connectivity index (χ0) is 9.90. The highest BCUT2D eigenvalue weighted by atomic mass is 32.2. The Morgan fingerprint density at radius 1 is 1.38 bits per heavy atom. The number of hydrogen-bond donors (Lipinski definition) is 1. The van der Waals surface area contributed by atoms with Crippen LogP contribution in [0.3, 0.4) is 0 Å². The molecule has 0 aromatic carbocycles. The molecular formula is C8H18N2O2S. The Balaban J connectivity index is 2.33. The van der Waals surface area contributed by atoms with E-state index in [4.69, 9.17) is 5.14 Å². The summed E-state index contributed by atoms with van der Waals surface area (Å²) in [6, 6.07) is 0. The fourth-order valence-corrected chi connectivity index (χ4v) is 2.79. The maximum Gasteiger partial charge on any atom is 0.209 e. The van der Waals surface area contributed by atoms with Crippen molar-refractivity contribution >= 4 is 10.0 Å². The Morgan fingerprint density at radius 2 is 1.92 bits per heavy atom. The van der Waals surface area contributed by atoms with E-state index in [0.717, 1.165) is 32.5 Å². The average molecular weight is 206 g/mol. The predicted molar refractivity (Wildman–Crippen MR) is 52.8 cm³/mol. The summed E-state index contributed by atoms with van der Waals surface area (Å²) in [7, 11) is -3.27. The minimum atomic E-state index is -3.27. The Labute approximate surface area is 80.1 Å². The first kappa shape index (κ1) is 10.9. The molecule has 1 heterocycles. The van der Waals surface area contributed by atoms with Crippen molar-refractivity contribution in [2.75, 3.05) is 25.4 Å². The highest BCUT2D eigenvalue weighted by Crippen LogP contribution is 2.17. The van der Waals surface area contributed by atoms with E-state index >= 15 is 0 Å². The zero-order valence-electron chi connectivity index (χ0n) is 8.07. The summed E-state index contributed by atoms with van der Waals surface area (Å²) < 4.78 is 21.6. The number of primary sulfonamides is 1. The molecule has 1 aliphatic heterocycles. The minimum absolute atomic E-state index is 0.157. The summed E-state index contributed by atoms with van der Waals surface area (Å²) >= 11 is 0. The van der Waals surface area contributed by atoms with Crippen LogP contribution in [-0.4, -0.2) is 38.7 Å². The molecule has 1 fully saturated rings. The first-order chi connectivity index (χ1) is 6.01. The lowest BCUT2D eigenvalue weighted by atomic mass is 9.99. The van der Waals surface area contributed by atoms with Crippen LogP contribution < -0.4 is 5.14 Å². The Bertz CT molecular complexity index is 243. The molecule has 1 saturated heterocycles. The molecule has 1 aliphatic rings. The van der Waals surface area contributed by atoms with Crippen LogP contribution in [0.5, 0.6) is 0 Å². The van der Waals surface area contributed by atoms with Crippen LogP contribution in [0.15, 0.2) is 0 Å². The fraction of sp³-hybridized carbons (Fsp3) is 1.00. The predicted octanol–water partition coefficient (Wildman–Crippen LogP) is 0.00680. The molecule has 4 nitrogen and oxygen atoms in total. The average Bonchev–Trinajstić information content (AvgIpc) is 2.03. The first-order valence-electron chi connectivity index (χ1n) is 4.74. The number of likely N-dealkylation sites (tertiary alicyclic amines) is 1. The smallest absolute Gasteiger partial charge is 0.209 e. The van der Waals surface area contributed by atoms with Gasteiger partial charge in [-0.05, 0) is 38.4 Å². The molecule has 0 radical (unpaired) electrons. The van der Waals surface area contributed by atoms with Crippen LogP contribution in [-0.2, 0) is 10.0 Å². The van der Waals surface area contributed by atoms with E-state index in [1.807, 2.05) is 0 Å². The molecule has 1 rings (SSSR count). The third kappa shape index (κ3) is 4.06. The van der Waals surface area contributed by atoms with Gasteiger partial charge in [0.1, 0.15) is 0 Å². The quantitative estimate of drug-likeness (QED) is 0.707. The Hall–Kier alpha value is -0.130. The first-order valence-corrected chi connectivity index (χ1v) is 6.45. The van der Waals surface area contributed by atoms with E-state index in [1.54, 1.807) is 0 Å². The molecule has 0 saturated carbocycles. The van der Waals surface area contributed by atoms with Gasteiger partial charge in [-0.1, -0.05) is 6.92 Å². The van der Waals surface area contributed by atoms with E-state index in [9.17, 15) is 8.42 Å². The summed E-state index contributed by atoms with van der Waals surface area (Å²) in [6.07, 6.45) is 1.93. The topological polar surface area (TPSA) is 63.4 Å². The molecule has 5 heteroatoms. The molecule has 0 atom stereocenters. The van der Waals surface area contributed by atoms with Gasteiger partial charge in [0, 0.05) is 0 Å². The van der Waals surface area contributed by atoms with Gasteiger partial charge in [-0.25, -0.2) is 13.6 Å². The molecule has 0 aromatic heterocycles. The van der Waals surface area contributed by atoms with Crippen LogP contribution in [0.25, 0.3) is 0 Å². The monoisotopic (exact) mass is 206 g/mol. The van der Waals surface area contributed by atoms with Crippen LogP contribution in [0.1, 0.15) is 19.8 Å². The maximum absolute atomic E-state index is 10.8. The molecule has 0 spiro atoms. The van der Waals surface area contributed by atoms with Crippen LogP contribution in [0, 0.1) is 5.92 Å². The Kier molecular flexibility index (Phi) is 3.70. The number of rotatable bonds is 3. The minimum Gasteiger partial charge on any atom is -0.304 e. The number of piperidine rings is 1. The van der Waals surface area contributed by atoms with Gasteiger partial charge in [-0.3, -0.25) is 0 Å². The van der Waals surface area contributed by atoms with E-state index in [1.165, 1.54) is 0 Å². The van der Waals surface area contributed by atoms with Crippen molar-refractivity contribution in [3.63, 3.8) is 0 Å². The molecule has 0 amide bonds. The Morgan fingerprint density at radius 3 is 2.31 bits per heavy atom. The van der Waals surface area contributed by atoms with Crippen LogP contribution in [0.2, 0.25) is 0 Å². The summed E-state index contributed by atoms with van der Waals surface area (Å²) in [5.74, 6) is 0.433. The summed E-state index contributed by atoms with van der Waals surface area (Å²) in [5, 5.41) is 4.99. The van der Waals surface area contributed by atoms with Crippen molar-refractivity contribution in [1.29, 1.82) is 0 Å². The molecule has 0 unspecified atom stereocenters. The maximum atomic E-state index is 10.8. The van der Waals surface area contributed by atoms with Gasteiger partial charge in [0.05, 0.1) is 5.75 Å². The number of nitrogens with two attached hydrogens (primary N) is 1. The van der Waals surface area contributed by atoms with Crippen molar-refractivity contribution in [2.24, 2.45) is 11.1 Å². The normalized spacial score (nSPS) is 22.0. The van der Waals surface area contributed by atoms with Crippen molar-refractivity contribution in [3.8, 4) is 0 Å². The fourth-order valence-electron chi connectivity index (χ4n) is 1.80. The van der Waals surface area contributed by atoms with E-state index in [2.05, 4.69) is 11.8 Å². The van der Waals surface area contributed by atoms with Crippen molar-refractivity contribution in [3.05, 3.63) is 0 Å². The summed E-state index contributed by atoms with van der Waals surface area (Å²) in [4.78, 5) is 2.33. The van der Waals surface area contributed by atoms with Gasteiger partial charge in [0.15, 0.2) is 0 Å². The number of nitrogens with zero attached hydrogens (tertiary/aromatic N) is 1. The van der Waals surface area contributed by atoms with Gasteiger partial charge in [-0.15, -0.1) is 0 Å². The second-order valence-electron chi connectivity index (χ2n) is 3.71. The van der Waals surface area contributed by atoms with Gasteiger partial charge in [0.2, 0.25) is 10.0 Å². The van der Waals surface area contributed by atoms with Gasteiger partial charge >= 0.3 is 0 Å². The van der Waals surface area contributed by atoms with E-state index in [-0.39, 0.29) is 11.7 Å². The lowest BCUT2D eigenvalue weighted by Crippen LogP contribution is -2.36. The molecule has 2 N–H and O–H groups in total. The van der Waals surface area contributed by atoms with Crippen molar-refractivity contribution in [2.45, 2.75) is 19.8 Å². The molecule has 0 aromatic rings. The molecule has 78 valence electrons. The molecule has 0 aliphatic carbocycles. The van der Waals surface area contributed by atoms with Gasteiger partial charge < -0.3 is 4.90 Å². The van der Waals surface area contributed by atoms with Crippen LogP contribution in [0.4, 0.5) is 0 Å². The molecular weight excluding hydrogens is 188 g/mol. The zero-order valence-corrected chi connectivity index (χ0v) is 8.89. The third-order valence-corrected chi connectivity index (χ3v) is 3.56. The standard InChI is InChI=1S/C8H18N2O2S/c1-2-10-5-3-8(4-6-10)7-13(9,11)12/h8H,2-7H2,1H3,(H2,9,11,12). The van der Waals surface area contributed by atoms with E-state index < -0.39 is 10.0 Å².